The number of hydrogen-bond acceptors (Lipinski definition) is 4. The van der Waals surface area contributed by atoms with E-state index < -0.39 is 0 Å². The predicted molar refractivity (Wildman–Crippen MR) is 83.1 cm³/mol. The van der Waals surface area contributed by atoms with Gasteiger partial charge in [0, 0.05) is 27.8 Å². The van der Waals surface area contributed by atoms with Crippen LogP contribution in [0.5, 0.6) is 5.75 Å². The van der Waals surface area contributed by atoms with Crippen molar-refractivity contribution in [2.45, 2.75) is 16.6 Å². The molecule has 2 N–H and O–H groups in total. The maximum absolute atomic E-state index is 11.0. The quantitative estimate of drug-likeness (QED) is 0.500. The predicted octanol–water partition coefficient (Wildman–Crippen LogP) is 3.70. The highest BCUT2D eigenvalue weighted by atomic mass is 32.2. The van der Waals surface area contributed by atoms with E-state index in [2.05, 4.69) is 0 Å². The molecule has 0 fully saturated rings. The zero-order valence-electron chi connectivity index (χ0n) is 11.3. The van der Waals surface area contributed by atoms with Crippen LogP contribution >= 0.6 is 11.8 Å². The van der Waals surface area contributed by atoms with E-state index in [0.717, 1.165) is 28.2 Å². The average molecular weight is 287 g/mol. The van der Waals surface area contributed by atoms with Crippen LogP contribution < -0.4 is 10.5 Å². The topological polar surface area (TPSA) is 52.3 Å². The molecule has 1 unspecified atom stereocenters. The Morgan fingerprint density at radius 3 is 2.60 bits per heavy atom. The molecule has 3 nitrogen and oxygen atoms in total. The van der Waals surface area contributed by atoms with Crippen LogP contribution in [-0.4, -0.2) is 13.4 Å². The van der Waals surface area contributed by atoms with Gasteiger partial charge in [-0.25, -0.2) is 0 Å². The number of nitrogen functional groups attached to an aromatic ring is 1. The fraction of sp³-hybridized carbons (Fsp3) is 0.188. The van der Waals surface area contributed by atoms with Crippen molar-refractivity contribution in [3.63, 3.8) is 0 Å². The third-order valence-electron chi connectivity index (χ3n) is 2.98. The van der Waals surface area contributed by atoms with Crippen molar-refractivity contribution >= 4 is 23.7 Å². The van der Waals surface area contributed by atoms with E-state index in [9.17, 15) is 4.79 Å². The van der Waals surface area contributed by atoms with Crippen LogP contribution in [0.3, 0.4) is 0 Å². The Morgan fingerprint density at radius 1 is 1.20 bits per heavy atom. The largest absolute Gasteiger partial charge is 0.496 e. The third-order valence-corrected chi connectivity index (χ3v) is 4.34. The highest BCUT2D eigenvalue weighted by Crippen LogP contribution is 2.42. The Bertz CT molecular complexity index is 586. The van der Waals surface area contributed by atoms with E-state index in [1.807, 2.05) is 48.5 Å². The van der Waals surface area contributed by atoms with Crippen LogP contribution in [0.25, 0.3) is 0 Å². The number of methoxy groups -OCH3 is 1. The number of nitrogens with two attached hydrogens (primary N) is 1. The van der Waals surface area contributed by atoms with Crippen molar-refractivity contribution in [3.05, 3.63) is 54.1 Å². The first-order chi connectivity index (χ1) is 9.76. The van der Waals surface area contributed by atoms with E-state index in [4.69, 9.17) is 10.5 Å². The fourth-order valence-electron chi connectivity index (χ4n) is 2.00. The maximum atomic E-state index is 11.0. The number of carbonyl (C=O) groups excluding carboxylic acids is 1. The molecule has 2 rings (SSSR count). The minimum Gasteiger partial charge on any atom is -0.496 e. The molecule has 104 valence electrons. The number of carbonyl (C=O) groups is 1. The summed E-state index contributed by atoms with van der Waals surface area (Å²) in [7, 11) is 1.64. The first-order valence-electron chi connectivity index (χ1n) is 6.34. The monoisotopic (exact) mass is 287 g/mol. The van der Waals surface area contributed by atoms with Crippen molar-refractivity contribution in [1.82, 2.24) is 0 Å². The molecule has 20 heavy (non-hydrogen) atoms. The summed E-state index contributed by atoms with van der Waals surface area (Å²) in [5, 5.41) is -0.00616. The summed E-state index contributed by atoms with van der Waals surface area (Å²) >= 11 is 1.59. The van der Waals surface area contributed by atoms with Gasteiger partial charge in [0.25, 0.3) is 0 Å². The smallest absolute Gasteiger partial charge is 0.123 e. The number of para-hydroxylation sites is 2. The Morgan fingerprint density at radius 2 is 1.90 bits per heavy atom. The molecule has 0 bridgehead atoms. The summed E-state index contributed by atoms with van der Waals surface area (Å²) in [6.45, 7) is 0. The molecular weight excluding hydrogens is 270 g/mol. The van der Waals surface area contributed by atoms with Gasteiger partial charge in [-0.1, -0.05) is 30.3 Å². The van der Waals surface area contributed by atoms with Gasteiger partial charge in [-0.15, -0.1) is 11.8 Å². The SMILES string of the molecule is COc1ccccc1C(CC=O)Sc1ccccc1N. The number of thioether (sulfide) groups is 1. The second-order valence-electron chi connectivity index (χ2n) is 4.29. The van der Waals surface area contributed by atoms with Crippen molar-refractivity contribution in [2.75, 3.05) is 12.8 Å². The molecule has 0 aliphatic heterocycles. The Kier molecular flexibility index (Phi) is 5.07. The number of hydrogen-bond donors (Lipinski definition) is 1. The van der Waals surface area contributed by atoms with Crippen LogP contribution in [0.4, 0.5) is 5.69 Å². The molecule has 0 aliphatic carbocycles. The van der Waals surface area contributed by atoms with Gasteiger partial charge in [0.15, 0.2) is 0 Å². The van der Waals surface area contributed by atoms with Crippen LogP contribution in [0.1, 0.15) is 17.2 Å². The van der Waals surface area contributed by atoms with Gasteiger partial charge in [-0.05, 0) is 18.2 Å². The molecule has 4 heteroatoms. The van der Waals surface area contributed by atoms with Gasteiger partial charge >= 0.3 is 0 Å². The van der Waals surface area contributed by atoms with E-state index >= 15 is 0 Å². The van der Waals surface area contributed by atoms with E-state index in [1.54, 1.807) is 18.9 Å². The lowest BCUT2D eigenvalue weighted by Crippen LogP contribution is -2.00. The fourth-order valence-corrected chi connectivity index (χ4v) is 3.16. The zero-order chi connectivity index (χ0) is 14.4. The van der Waals surface area contributed by atoms with E-state index in [0.29, 0.717) is 6.42 Å². The number of anilines is 1. The Labute approximate surface area is 123 Å². The second kappa shape index (κ2) is 7.01. The second-order valence-corrected chi connectivity index (χ2v) is 5.53. The molecule has 0 heterocycles. The molecule has 0 saturated heterocycles. The first-order valence-corrected chi connectivity index (χ1v) is 7.22. The molecule has 0 aromatic heterocycles. The van der Waals surface area contributed by atoms with Gasteiger partial charge in [-0.3, -0.25) is 0 Å². The minimum atomic E-state index is -0.00616. The molecule has 0 saturated carbocycles. The number of benzene rings is 2. The van der Waals surface area contributed by atoms with Gasteiger partial charge in [-0.2, -0.15) is 0 Å². The molecular formula is C16H17NO2S. The van der Waals surface area contributed by atoms with E-state index in [-0.39, 0.29) is 5.25 Å². The Hall–Kier alpha value is -1.94. The first kappa shape index (κ1) is 14.5. The van der Waals surface area contributed by atoms with Crippen molar-refractivity contribution < 1.29 is 9.53 Å². The highest BCUT2D eigenvalue weighted by Gasteiger charge is 2.17. The Balaban J connectivity index is 2.32. The summed E-state index contributed by atoms with van der Waals surface area (Å²) in [5.74, 6) is 0.793. The zero-order valence-corrected chi connectivity index (χ0v) is 12.1. The standard InChI is InChI=1S/C16H17NO2S/c1-19-14-8-4-2-6-12(14)15(10-11-18)20-16-9-5-3-7-13(16)17/h2-9,11,15H,10,17H2,1H3. The van der Waals surface area contributed by atoms with Crippen LogP contribution in [-0.2, 0) is 4.79 Å². The van der Waals surface area contributed by atoms with Crippen LogP contribution in [0.2, 0.25) is 0 Å². The molecule has 0 amide bonds. The van der Waals surface area contributed by atoms with Gasteiger partial charge < -0.3 is 15.3 Å². The van der Waals surface area contributed by atoms with Gasteiger partial charge in [0.1, 0.15) is 12.0 Å². The summed E-state index contributed by atoms with van der Waals surface area (Å²) in [5.41, 5.74) is 7.71. The lowest BCUT2D eigenvalue weighted by molar-refractivity contribution is -0.107. The highest BCUT2D eigenvalue weighted by molar-refractivity contribution is 7.99. The number of aldehydes is 1. The van der Waals surface area contributed by atoms with Gasteiger partial charge in [0.05, 0.1) is 7.11 Å². The van der Waals surface area contributed by atoms with Crippen molar-refractivity contribution in [3.8, 4) is 5.75 Å². The lowest BCUT2D eigenvalue weighted by Gasteiger charge is -2.18. The molecule has 2 aromatic carbocycles. The molecule has 1 atom stereocenters. The van der Waals surface area contributed by atoms with Crippen LogP contribution in [0.15, 0.2) is 53.4 Å². The minimum absolute atomic E-state index is 0.00616. The summed E-state index contributed by atoms with van der Waals surface area (Å²) in [4.78, 5) is 12.0. The molecule has 0 radical (unpaired) electrons. The van der Waals surface area contributed by atoms with E-state index in [1.165, 1.54) is 0 Å². The average Bonchev–Trinajstić information content (AvgIpc) is 2.49. The summed E-state index contributed by atoms with van der Waals surface area (Å²) < 4.78 is 5.38. The summed E-state index contributed by atoms with van der Waals surface area (Å²) in [6.07, 6.45) is 1.35. The summed E-state index contributed by atoms with van der Waals surface area (Å²) in [6, 6.07) is 15.4. The maximum Gasteiger partial charge on any atom is 0.123 e. The third kappa shape index (κ3) is 3.33. The molecule has 0 spiro atoms. The van der Waals surface area contributed by atoms with Crippen LogP contribution in [0, 0.1) is 0 Å². The number of ether oxygens (including phenoxy) is 1. The van der Waals surface area contributed by atoms with Gasteiger partial charge in [0.2, 0.25) is 0 Å². The van der Waals surface area contributed by atoms with Crippen molar-refractivity contribution in [1.29, 1.82) is 0 Å². The molecule has 0 aliphatic rings. The van der Waals surface area contributed by atoms with Crippen molar-refractivity contribution in [2.24, 2.45) is 0 Å². The lowest BCUT2D eigenvalue weighted by atomic mass is 10.1. The number of rotatable bonds is 6. The molecule has 2 aromatic rings. The normalized spacial score (nSPS) is 11.8.